The molecule has 5 nitrogen and oxygen atoms in total. The molecule has 21 heavy (non-hydrogen) atoms. The van der Waals surface area contributed by atoms with Crippen molar-refractivity contribution in [1.82, 2.24) is 0 Å². The molecular weight excluding hydrogens is 335 g/mol. The van der Waals surface area contributed by atoms with Crippen molar-refractivity contribution in [2.45, 2.75) is 4.90 Å². The first-order valence-electron chi connectivity index (χ1n) is 5.66. The van der Waals surface area contributed by atoms with Crippen LogP contribution in [0.4, 0.5) is 5.69 Å². The molecule has 0 aliphatic rings. The summed E-state index contributed by atoms with van der Waals surface area (Å²) in [4.78, 5) is 11.9. The van der Waals surface area contributed by atoms with Crippen LogP contribution in [0.5, 0.6) is 0 Å². The molecule has 0 aliphatic heterocycles. The zero-order valence-corrected chi connectivity index (χ0v) is 12.8. The van der Waals surface area contributed by atoms with E-state index in [2.05, 4.69) is 5.32 Å². The number of benzene rings is 2. The Morgan fingerprint density at radius 3 is 2.24 bits per heavy atom. The van der Waals surface area contributed by atoms with Crippen molar-refractivity contribution in [1.29, 1.82) is 0 Å². The quantitative estimate of drug-likeness (QED) is 0.896. The van der Waals surface area contributed by atoms with Crippen molar-refractivity contribution >= 4 is 44.8 Å². The van der Waals surface area contributed by atoms with Gasteiger partial charge in [-0.25, -0.2) is 13.6 Å². The molecule has 1 amide bonds. The summed E-state index contributed by atoms with van der Waals surface area (Å²) in [6.45, 7) is 0. The number of rotatable bonds is 3. The molecule has 0 spiro atoms. The lowest BCUT2D eigenvalue weighted by Crippen LogP contribution is -2.16. The van der Waals surface area contributed by atoms with Gasteiger partial charge in [0, 0.05) is 10.7 Å². The smallest absolute Gasteiger partial charge is 0.257 e. The first-order chi connectivity index (χ1) is 9.77. The van der Waals surface area contributed by atoms with E-state index in [-0.39, 0.29) is 15.5 Å². The fraction of sp³-hybridized carbons (Fsp3) is 0. The van der Waals surface area contributed by atoms with Crippen molar-refractivity contribution in [3.8, 4) is 0 Å². The van der Waals surface area contributed by atoms with Crippen LogP contribution in [0, 0.1) is 0 Å². The van der Waals surface area contributed by atoms with Gasteiger partial charge in [-0.3, -0.25) is 4.79 Å². The number of carbonyl (C=O) groups is 1. The van der Waals surface area contributed by atoms with Crippen LogP contribution in [-0.4, -0.2) is 14.3 Å². The monoisotopic (exact) mass is 344 g/mol. The third-order valence-corrected chi connectivity index (χ3v) is 4.11. The van der Waals surface area contributed by atoms with Crippen molar-refractivity contribution in [3.05, 3.63) is 58.1 Å². The summed E-state index contributed by atoms with van der Waals surface area (Å²) in [6, 6.07) is 10.1. The molecule has 0 atom stereocenters. The predicted octanol–water partition coefficient (Wildman–Crippen LogP) is 2.89. The van der Waals surface area contributed by atoms with E-state index in [4.69, 9.17) is 28.3 Å². The zero-order chi connectivity index (χ0) is 15.6. The normalized spacial score (nSPS) is 11.2. The number of primary sulfonamides is 1. The van der Waals surface area contributed by atoms with E-state index in [1.807, 2.05) is 0 Å². The first kappa shape index (κ1) is 15.8. The molecule has 8 heteroatoms. The van der Waals surface area contributed by atoms with Crippen LogP contribution >= 0.6 is 23.2 Å². The molecule has 0 saturated heterocycles. The average Bonchev–Trinajstić information content (AvgIpc) is 2.40. The maximum Gasteiger partial charge on any atom is 0.257 e. The van der Waals surface area contributed by atoms with E-state index in [1.54, 1.807) is 24.3 Å². The van der Waals surface area contributed by atoms with Crippen molar-refractivity contribution in [2.75, 3.05) is 5.32 Å². The van der Waals surface area contributed by atoms with Gasteiger partial charge < -0.3 is 5.32 Å². The molecule has 2 rings (SSSR count). The minimum atomic E-state index is -3.91. The van der Waals surface area contributed by atoms with Crippen molar-refractivity contribution in [2.24, 2.45) is 5.14 Å². The van der Waals surface area contributed by atoms with Crippen molar-refractivity contribution in [3.63, 3.8) is 0 Å². The van der Waals surface area contributed by atoms with Gasteiger partial charge in [0.2, 0.25) is 10.0 Å². The number of nitrogens with one attached hydrogen (secondary N) is 1. The number of amides is 1. The Labute approximate surface area is 131 Å². The summed E-state index contributed by atoms with van der Waals surface area (Å²) in [6.07, 6.45) is 0. The second-order valence-electron chi connectivity index (χ2n) is 4.15. The summed E-state index contributed by atoms with van der Waals surface area (Å²) in [5.74, 6) is -0.548. The number of carbonyl (C=O) groups excluding carboxylic acids is 1. The van der Waals surface area contributed by atoms with E-state index in [9.17, 15) is 13.2 Å². The highest BCUT2D eigenvalue weighted by Crippen LogP contribution is 2.22. The maximum absolute atomic E-state index is 12.1. The Morgan fingerprint density at radius 1 is 1.05 bits per heavy atom. The SMILES string of the molecule is NS(=O)(=O)c1ccc(Cl)c(C(=O)Nc2ccc(Cl)cc2)c1. The highest BCUT2D eigenvalue weighted by atomic mass is 35.5. The highest BCUT2D eigenvalue weighted by Gasteiger charge is 2.16. The van der Waals surface area contributed by atoms with E-state index in [0.717, 1.165) is 6.07 Å². The molecule has 0 unspecified atom stereocenters. The largest absolute Gasteiger partial charge is 0.322 e. The lowest BCUT2D eigenvalue weighted by molar-refractivity contribution is 0.102. The summed E-state index contributed by atoms with van der Waals surface area (Å²) in [5.41, 5.74) is 0.514. The Kier molecular flexibility index (Phi) is 4.53. The number of nitrogens with two attached hydrogens (primary N) is 1. The average molecular weight is 345 g/mol. The molecule has 0 fully saturated rings. The molecule has 0 radical (unpaired) electrons. The van der Waals surface area contributed by atoms with Crippen LogP contribution in [0.15, 0.2) is 47.4 Å². The third-order valence-electron chi connectivity index (χ3n) is 2.61. The van der Waals surface area contributed by atoms with Gasteiger partial charge in [-0.1, -0.05) is 23.2 Å². The van der Waals surface area contributed by atoms with E-state index < -0.39 is 15.9 Å². The van der Waals surface area contributed by atoms with Crippen molar-refractivity contribution < 1.29 is 13.2 Å². The van der Waals surface area contributed by atoms with Crippen LogP contribution in [0.2, 0.25) is 10.0 Å². The van der Waals surface area contributed by atoms with E-state index in [0.29, 0.717) is 10.7 Å². The van der Waals surface area contributed by atoms with Gasteiger partial charge in [-0.2, -0.15) is 0 Å². The molecule has 0 saturated carbocycles. The van der Waals surface area contributed by atoms with Gasteiger partial charge in [-0.15, -0.1) is 0 Å². The van der Waals surface area contributed by atoms with Crippen LogP contribution in [0.3, 0.4) is 0 Å². The number of halogens is 2. The summed E-state index contributed by atoms with van der Waals surface area (Å²) in [5, 5.41) is 8.26. The standard InChI is InChI=1S/C13H10Cl2N2O3S/c14-8-1-3-9(4-2-8)17-13(18)11-7-10(21(16,19)20)5-6-12(11)15/h1-7H,(H,17,18)(H2,16,19,20). The topological polar surface area (TPSA) is 89.3 Å². The predicted molar refractivity (Wildman–Crippen MR) is 82.2 cm³/mol. The van der Waals surface area contributed by atoms with Crippen LogP contribution in [0.25, 0.3) is 0 Å². The summed E-state index contributed by atoms with van der Waals surface area (Å²) in [7, 11) is -3.91. The number of sulfonamides is 1. The lowest BCUT2D eigenvalue weighted by Gasteiger charge is -2.08. The number of hydrogen-bond acceptors (Lipinski definition) is 3. The summed E-state index contributed by atoms with van der Waals surface area (Å²) < 4.78 is 22.6. The Balaban J connectivity index is 2.32. The fourth-order valence-corrected chi connectivity index (χ4v) is 2.46. The van der Waals surface area contributed by atoms with Gasteiger partial charge in [-0.05, 0) is 42.5 Å². The second-order valence-corrected chi connectivity index (χ2v) is 6.55. The minimum Gasteiger partial charge on any atom is -0.322 e. The second kappa shape index (κ2) is 6.03. The Morgan fingerprint density at radius 2 is 1.67 bits per heavy atom. The third kappa shape index (κ3) is 3.95. The molecule has 0 heterocycles. The minimum absolute atomic E-state index is 0.0122. The maximum atomic E-state index is 12.1. The first-order valence-corrected chi connectivity index (χ1v) is 7.97. The van der Waals surface area contributed by atoms with Gasteiger partial charge in [0.25, 0.3) is 5.91 Å². The Hall–Kier alpha value is -1.60. The Bertz CT molecular complexity index is 790. The summed E-state index contributed by atoms with van der Waals surface area (Å²) >= 11 is 11.7. The van der Waals surface area contributed by atoms with Crippen LogP contribution in [0.1, 0.15) is 10.4 Å². The molecular formula is C13H10Cl2N2O3S. The van der Waals surface area contributed by atoms with Gasteiger partial charge in [0.1, 0.15) is 0 Å². The van der Waals surface area contributed by atoms with Gasteiger partial charge in [0.05, 0.1) is 15.5 Å². The van der Waals surface area contributed by atoms with Crippen LogP contribution in [-0.2, 0) is 10.0 Å². The van der Waals surface area contributed by atoms with Crippen LogP contribution < -0.4 is 10.5 Å². The van der Waals surface area contributed by atoms with Gasteiger partial charge >= 0.3 is 0 Å². The van der Waals surface area contributed by atoms with E-state index >= 15 is 0 Å². The molecule has 2 aromatic rings. The van der Waals surface area contributed by atoms with Gasteiger partial charge in [0.15, 0.2) is 0 Å². The molecule has 0 aliphatic carbocycles. The molecule has 2 aromatic carbocycles. The molecule has 110 valence electrons. The number of hydrogen-bond donors (Lipinski definition) is 2. The molecule has 0 bridgehead atoms. The fourth-order valence-electron chi connectivity index (χ4n) is 1.59. The van der Waals surface area contributed by atoms with E-state index in [1.165, 1.54) is 12.1 Å². The molecule has 0 aromatic heterocycles. The lowest BCUT2D eigenvalue weighted by atomic mass is 10.2. The number of anilines is 1. The highest BCUT2D eigenvalue weighted by molar-refractivity contribution is 7.89. The molecule has 3 N–H and O–H groups in total. The zero-order valence-electron chi connectivity index (χ0n) is 10.5.